The molecular formula is C16H20ClF2N5O3. The summed E-state index contributed by atoms with van der Waals surface area (Å²) in [5.41, 5.74) is 0.0336. The summed E-state index contributed by atoms with van der Waals surface area (Å²) in [6, 6.07) is 3.91. The van der Waals surface area contributed by atoms with Crippen LogP contribution < -0.4 is 11.2 Å². The first kappa shape index (κ1) is 21.0. The van der Waals surface area contributed by atoms with Crippen molar-refractivity contribution in [2.24, 2.45) is 5.90 Å². The molecule has 0 saturated heterocycles. The predicted octanol–water partition coefficient (Wildman–Crippen LogP) is 3.45. The summed E-state index contributed by atoms with van der Waals surface area (Å²) in [6.07, 6.45) is 0.320. The fourth-order valence-corrected chi connectivity index (χ4v) is 2.49. The molecular weight excluding hydrogens is 384 g/mol. The highest BCUT2D eigenvalue weighted by Gasteiger charge is 2.23. The van der Waals surface area contributed by atoms with E-state index in [2.05, 4.69) is 20.2 Å². The molecule has 1 aromatic carbocycles. The molecule has 11 heteroatoms. The lowest BCUT2D eigenvalue weighted by Crippen LogP contribution is -2.37. The van der Waals surface area contributed by atoms with Gasteiger partial charge in [-0.1, -0.05) is 17.7 Å². The molecule has 3 N–H and O–H groups in total. The Kier molecular flexibility index (Phi) is 6.68. The van der Waals surface area contributed by atoms with E-state index in [1.807, 2.05) is 0 Å². The zero-order chi connectivity index (χ0) is 20.2. The largest absolute Gasteiger partial charge is 0.444 e. The number of nitrogens with two attached hydrogens (primary N) is 1. The van der Waals surface area contributed by atoms with Crippen molar-refractivity contribution in [2.75, 3.05) is 6.61 Å². The van der Waals surface area contributed by atoms with Crippen LogP contribution in [-0.2, 0) is 9.57 Å². The van der Waals surface area contributed by atoms with Crippen LogP contribution in [0.15, 0.2) is 24.5 Å². The summed E-state index contributed by atoms with van der Waals surface area (Å²) in [5.74, 6) is 5.04. The molecule has 0 aliphatic heterocycles. The maximum atomic E-state index is 13.1. The summed E-state index contributed by atoms with van der Waals surface area (Å²) < 4.78 is 31.8. The van der Waals surface area contributed by atoms with Crippen molar-refractivity contribution in [1.29, 1.82) is 0 Å². The Labute approximate surface area is 159 Å². The molecule has 27 heavy (non-hydrogen) atoms. The normalized spacial score (nSPS) is 12.9. The number of ether oxygens (including phenoxy) is 1. The number of nitrogens with zero attached hydrogens (tertiary/aromatic N) is 3. The van der Waals surface area contributed by atoms with Crippen LogP contribution in [0, 0.1) is 0 Å². The standard InChI is InChI=1S/C16H20ClF2N5O3/c1-16(2,3)27-15(25)23-12(7-26-20)9-4-5-11(17)10(6-9)13-21-8-22-24(13)14(18)19/h4-6,8,12,14H,7,20H2,1-3H3,(H,23,25)/t12-/m1/s1. The molecule has 1 atom stereocenters. The van der Waals surface area contributed by atoms with Gasteiger partial charge in [-0.15, -0.1) is 0 Å². The van der Waals surface area contributed by atoms with Crippen molar-refractivity contribution in [1.82, 2.24) is 20.1 Å². The number of nitrogens with one attached hydrogen (secondary N) is 1. The van der Waals surface area contributed by atoms with Crippen molar-refractivity contribution >= 4 is 17.7 Å². The van der Waals surface area contributed by atoms with Crippen LogP contribution in [0.2, 0.25) is 5.02 Å². The lowest BCUT2D eigenvalue weighted by molar-refractivity contribution is 0.0441. The number of hydrogen-bond acceptors (Lipinski definition) is 6. The summed E-state index contributed by atoms with van der Waals surface area (Å²) in [6.45, 7) is 2.20. The van der Waals surface area contributed by atoms with E-state index in [1.165, 1.54) is 12.1 Å². The van der Waals surface area contributed by atoms with Crippen LogP contribution in [0.5, 0.6) is 0 Å². The van der Waals surface area contributed by atoms with E-state index >= 15 is 0 Å². The Bertz CT molecular complexity index is 795. The van der Waals surface area contributed by atoms with Gasteiger partial charge in [0.25, 0.3) is 0 Å². The van der Waals surface area contributed by atoms with E-state index in [4.69, 9.17) is 22.2 Å². The van der Waals surface area contributed by atoms with Gasteiger partial charge in [-0.05, 0) is 38.5 Å². The van der Waals surface area contributed by atoms with Crippen molar-refractivity contribution < 1.29 is 23.1 Å². The van der Waals surface area contributed by atoms with Crippen molar-refractivity contribution in [2.45, 2.75) is 39.0 Å². The molecule has 2 aromatic rings. The van der Waals surface area contributed by atoms with E-state index in [0.29, 0.717) is 10.2 Å². The molecule has 0 aliphatic rings. The van der Waals surface area contributed by atoms with Crippen LogP contribution in [-0.4, -0.2) is 33.1 Å². The fourth-order valence-electron chi connectivity index (χ4n) is 2.28. The van der Waals surface area contributed by atoms with Crippen molar-refractivity contribution in [3.05, 3.63) is 35.1 Å². The Hall–Kier alpha value is -2.30. The number of halogens is 3. The number of benzene rings is 1. The Morgan fingerprint density at radius 1 is 1.41 bits per heavy atom. The van der Waals surface area contributed by atoms with E-state index in [-0.39, 0.29) is 23.0 Å². The maximum absolute atomic E-state index is 13.1. The molecule has 0 bridgehead atoms. The second-order valence-electron chi connectivity index (χ2n) is 6.58. The van der Waals surface area contributed by atoms with Crippen molar-refractivity contribution in [3.63, 3.8) is 0 Å². The van der Waals surface area contributed by atoms with Gasteiger partial charge >= 0.3 is 12.6 Å². The van der Waals surface area contributed by atoms with Gasteiger partial charge in [0.15, 0.2) is 5.82 Å². The second kappa shape index (κ2) is 8.59. The summed E-state index contributed by atoms with van der Waals surface area (Å²) in [7, 11) is 0. The summed E-state index contributed by atoms with van der Waals surface area (Å²) in [4.78, 5) is 20.6. The number of hydrogen-bond donors (Lipinski definition) is 2. The van der Waals surface area contributed by atoms with Gasteiger partial charge in [0.2, 0.25) is 0 Å². The number of amides is 1. The molecule has 0 spiro atoms. The minimum Gasteiger partial charge on any atom is -0.444 e. The zero-order valence-electron chi connectivity index (χ0n) is 14.9. The Balaban J connectivity index is 2.35. The average Bonchev–Trinajstić information content (AvgIpc) is 3.03. The monoisotopic (exact) mass is 403 g/mol. The Morgan fingerprint density at radius 3 is 2.70 bits per heavy atom. The zero-order valence-corrected chi connectivity index (χ0v) is 15.7. The average molecular weight is 404 g/mol. The minimum absolute atomic E-state index is 0.0815. The molecule has 0 radical (unpaired) electrons. The number of rotatable bonds is 6. The molecule has 1 aromatic heterocycles. The van der Waals surface area contributed by atoms with Crippen molar-refractivity contribution in [3.8, 4) is 11.4 Å². The molecule has 1 amide bonds. The second-order valence-corrected chi connectivity index (χ2v) is 6.98. The summed E-state index contributed by atoms with van der Waals surface area (Å²) in [5, 5.41) is 6.31. The fraction of sp³-hybridized carbons (Fsp3) is 0.438. The molecule has 148 valence electrons. The topological polar surface area (TPSA) is 104 Å². The van der Waals surface area contributed by atoms with Crippen LogP contribution >= 0.6 is 11.6 Å². The van der Waals surface area contributed by atoms with Crippen LogP contribution in [0.3, 0.4) is 0 Å². The molecule has 2 rings (SSSR count). The third-order valence-electron chi connectivity index (χ3n) is 3.35. The van der Waals surface area contributed by atoms with Gasteiger partial charge in [0, 0.05) is 5.56 Å². The number of alkyl halides is 2. The third-order valence-corrected chi connectivity index (χ3v) is 3.68. The highest BCUT2D eigenvalue weighted by Crippen LogP contribution is 2.31. The highest BCUT2D eigenvalue weighted by molar-refractivity contribution is 6.33. The van der Waals surface area contributed by atoms with Gasteiger partial charge in [0.05, 0.1) is 17.7 Å². The minimum atomic E-state index is -2.88. The van der Waals surface area contributed by atoms with Gasteiger partial charge in [-0.2, -0.15) is 18.6 Å². The van der Waals surface area contributed by atoms with Crippen LogP contribution in [0.25, 0.3) is 11.4 Å². The summed E-state index contributed by atoms with van der Waals surface area (Å²) >= 11 is 6.14. The lowest BCUT2D eigenvalue weighted by Gasteiger charge is -2.23. The van der Waals surface area contributed by atoms with Crippen LogP contribution in [0.4, 0.5) is 13.6 Å². The number of carbonyl (C=O) groups is 1. The van der Waals surface area contributed by atoms with Gasteiger partial charge < -0.3 is 14.9 Å². The van der Waals surface area contributed by atoms with E-state index in [9.17, 15) is 13.6 Å². The van der Waals surface area contributed by atoms with E-state index in [1.54, 1.807) is 26.8 Å². The van der Waals surface area contributed by atoms with Gasteiger partial charge in [-0.25, -0.2) is 15.7 Å². The van der Waals surface area contributed by atoms with Crippen LogP contribution in [0.1, 0.15) is 38.9 Å². The SMILES string of the molecule is CC(C)(C)OC(=O)N[C@H](CON)c1ccc(Cl)c(-c2ncnn2C(F)F)c1. The van der Waals surface area contributed by atoms with E-state index in [0.717, 1.165) is 6.33 Å². The quantitative estimate of drug-likeness (QED) is 0.716. The molecule has 8 nitrogen and oxygen atoms in total. The maximum Gasteiger partial charge on any atom is 0.408 e. The lowest BCUT2D eigenvalue weighted by atomic mass is 10.0. The molecule has 0 fully saturated rings. The molecule has 0 unspecified atom stereocenters. The first-order valence-electron chi connectivity index (χ1n) is 7.91. The molecule has 1 heterocycles. The smallest absolute Gasteiger partial charge is 0.408 e. The first-order chi connectivity index (χ1) is 12.6. The molecule has 0 aliphatic carbocycles. The van der Waals surface area contributed by atoms with Gasteiger partial charge in [-0.3, -0.25) is 0 Å². The first-order valence-corrected chi connectivity index (χ1v) is 8.29. The molecule has 0 saturated carbocycles. The third kappa shape index (κ3) is 5.59. The van der Waals surface area contributed by atoms with Gasteiger partial charge in [0.1, 0.15) is 11.9 Å². The number of alkyl carbamates (subject to hydrolysis) is 1. The number of aromatic nitrogens is 3. The van der Waals surface area contributed by atoms with E-state index < -0.39 is 24.3 Å². The number of carbonyl (C=O) groups excluding carboxylic acids is 1. The highest BCUT2D eigenvalue weighted by atomic mass is 35.5. The Morgan fingerprint density at radius 2 is 2.11 bits per heavy atom. The predicted molar refractivity (Wildman–Crippen MR) is 94.0 cm³/mol.